The molecule has 0 saturated heterocycles. The van der Waals surface area contributed by atoms with Gasteiger partial charge in [-0.15, -0.1) is 0 Å². The van der Waals surface area contributed by atoms with E-state index in [4.69, 9.17) is 9.84 Å². The van der Waals surface area contributed by atoms with Crippen molar-refractivity contribution in [3.05, 3.63) is 47.5 Å². The molecule has 1 heterocycles. The summed E-state index contributed by atoms with van der Waals surface area (Å²) in [4.78, 5) is 31.5. The molecule has 24 heavy (non-hydrogen) atoms. The van der Waals surface area contributed by atoms with Crippen LogP contribution < -0.4 is 0 Å². The van der Waals surface area contributed by atoms with Gasteiger partial charge in [0, 0.05) is 5.56 Å². The van der Waals surface area contributed by atoms with Crippen molar-refractivity contribution >= 4 is 34.0 Å². The van der Waals surface area contributed by atoms with Gasteiger partial charge < -0.3 is 14.9 Å². The maximum absolute atomic E-state index is 11.3. The van der Waals surface area contributed by atoms with Gasteiger partial charge in [-0.2, -0.15) is 0 Å². The molecule has 0 aliphatic heterocycles. The molecular weight excluding hydrogens is 312 g/mol. The molecule has 7 heteroatoms. The molecule has 3 rings (SSSR count). The first kappa shape index (κ1) is 15.8. The van der Waals surface area contributed by atoms with E-state index in [1.165, 1.54) is 6.07 Å². The first-order valence-corrected chi connectivity index (χ1v) is 7.24. The molecular formula is C17H14N2O5. The van der Waals surface area contributed by atoms with Crippen LogP contribution in [0.2, 0.25) is 0 Å². The van der Waals surface area contributed by atoms with Gasteiger partial charge in [-0.1, -0.05) is 18.2 Å². The van der Waals surface area contributed by atoms with E-state index in [0.29, 0.717) is 27.6 Å². The predicted molar refractivity (Wildman–Crippen MR) is 85.6 cm³/mol. The summed E-state index contributed by atoms with van der Waals surface area (Å²) in [5, 5.41) is 18.1. The summed E-state index contributed by atoms with van der Waals surface area (Å²) in [6.07, 6.45) is -0.622. The number of aliphatic hydroxyl groups is 1. The largest absolute Gasteiger partial charge is 0.478 e. The van der Waals surface area contributed by atoms with E-state index in [9.17, 15) is 14.7 Å². The van der Waals surface area contributed by atoms with E-state index < -0.39 is 24.6 Å². The van der Waals surface area contributed by atoms with E-state index in [-0.39, 0.29) is 5.56 Å². The lowest BCUT2D eigenvalue weighted by atomic mass is 10.1. The fourth-order valence-electron chi connectivity index (χ4n) is 2.54. The topological polar surface area (TPSA) is 110 Å². The Bertz CT molecular complexity index is 954. The average Bonchev–Trinajstić information content (AvgIpc) is 2.58. The Kier molecular flexibility index (Phi) is 4.09. The molecule has 0 saturated carbocycles. The number of benzene rings is 2. The summed E-state index contributed by atoms with van der Waals surface area (Å²) in [5.74, 6) is -1.81. The van der Waals surface area contributed by atoms with Crippen molar-refractivity contribution in [1.82, 2.24) is 9.97 Å². The molecule has 0 radical (unpaired) electrons. The molecule has 3 aromatic rings. The molecule has 1 atom stereocenters. The first-order chi connectivity index (χ1) is 11.5. The number of carbonyl (C=O) groups is 2. The van der Waals surface area contributed by atoms with Crippen molar-refractivity contribution in [3.8, 4) is 0 Å². The van der Waals surface area contributed by atoms with Crippen LogP contribution in [0.25, 0.3) is 22.1 Å². The highest BCUT2D eigenvalue weighted by Crippen LogP contribution is 2.27. The van der Waals surface area contributed by atoms with E-state index in [0.717, 1.165) is 0 Å². The predicted octanol–water partition coefficient (Wildman–Crippen LogP) is 2.08. The summed E-state index contributed by atoms with van der Waals surface area (Å²) in [6.45, 7) is 0.966. The number of esters is 1. The number of para-hydroxylation sites is 2. The summed E-state index contributed by atoms with van der Waals surface area (Å²) in [5.41, 5.74) is 2.47. The maximum atomic E-state index is 11.3. The minimum Gasteiger partial charge on any atom is -0.478 e. The normalized spacial score (nSPS) is 12.2. The van der Waals surface area contributed by atoms with Crippen LogP contribution in [0.4, 0.5) is 0 Å². The second kappa shape index (κ2) is 6.21. The Morgan fingerprint density at radius 3 is 2.38 bits per heavy atom. The monoisotopic (exact) mass is 326 g/mol. The van der Waals surface area contributed by atoms with Crippen molar-refractivity contribution in [2.75, 3.05) is 6.61 Å². The molecule has 0 bridgehead atoms. The van der Waals surface area contributed by atoms with Crippen LogP contribution in [0.3, 0.4) is 0 Å². The van der Waals surface area contributed by atoms with E-state index in [1.54, 1.807) is 37.3 Å². The highest BCUT2D eigenvalue weighted by atomic mass is 16.6. The van der Waals surface area contributed by atoms with Gasteiger partial charge in [0.05, 0.1) is 22.1 Å². The molecule has 0 unspecified atom stereocenters. The lowest BCUT2D eigenvalue weighted by Gasteiger charge is -2.15. The second-order valence-corrected chi connectivity index (χ2v) is 5.21. The van der Waals surface area contributed by atoms with Gasteiger partial charge in [0.15, 0.2) is 0 Å². The SMILES string of the molecule is C[C@H](OC(=O)CO)c1cccc2nc3c(C(=O)O)cccc3nc12. The number of carboxylic acid groups (broad SMARTS) is 1. The van der Waals surface area contributed by atoms with E-state index in [1.807, 2.05) is 0 Å². The lowest BCUT2D eigenvalue weighted by Crippen LogP contribution is -2.13. The Hall–Kier alpha value is -3.06. The van der Waals surface area contributed by atoms with Crippen LogP contribution in [-0.2, 0) is 9.53 Å². The van der Waals surface area contributed by atoms with Crippen molar-refractivity contribution in [2.45, 2.75) is 13.0 Å². The number of carbonyl (C=O) groups excluding carboxylic acids is 1. The third kappa shape index (κ3) is 2.77. The number of ether oxygens (including phenoxy) is 1. The van der Waals surface area contributed by atoms with Crippen molar-refractivity contribution < 1.29 is 24.5 Å². The Morgan fingerprint density at radius 2 is 1.71 bits per heavy atom. The molecule has 0 aliphatic carbocycles. The molecule has 0 aliphatic rings. The summed E-state index contributed by atoms with van der Waals surface area (Å²) in [7, 11) is 0. The number of hydrogen-bond donors (Lipinski definition) is 2. The number of carboxylic acids is 1. The average molecular weight is 326 g/mol. The van der Waals surface area contributed by atoms with Gasteiger partial charge in [0.2, 0.25) is 0 Å². The molecule has 1 aromatic heterocycles. The van der Waals surface area contributed by atoms with Gasteiger partial charge in [-0.05, 0) is 25.1 Å². The number of hydrogen-bond acceptors (Lipinski definition) is 6. The fourth-order valence-corrected chi connectivity index (χ4v) is 2.54. The van der Waals surface area contributed by atoms with Crippen LogP contribution in [0.1, 0.15) is 28.9 Å². The van der Waals surface area contributed by atoms with Gasteiger partial charge in [-0.25, -0.2) is 19.6 Å². The van der Waals surface area contributed by atoms with Crippen LogP contribution >= 0.6 is 0 Å². The van der Waals surface area contributed by atoms with Gasteiger partial charge in [-0.3, -0.25) is 0 Å². The van der Waals surface area contributed by atoms with Crippen LogP contribution in [-0.4, -0.2) is 38.7 Å². The zero-order chi connectivity index (χ0) is 17.3. The smallest absolute Gasteiger partial charge is 0.337 e. The molecule has 2 N–H and O–H groups in total. The Labute approximate surface area is 136 Å². The Balaban J connectivity index is 2.20. The van der Waals surface area contributed by atoms with Crippen molar-refractivity contribution in [1.29, 1.82) is 0 Å². The molecule has 0 amide bonds. The molecule has 7 nitrogen and oxygen atoms in total. The number of aromatic nitrogens is 2. The zero-order valence-corrected chi connectivity index (χ0v) is 12.8. The number of rotatable bonds is 4. The summed E-state index contributed by atoms with van der Waals surface area (Å²) >= 11 is 0. The highest BCUT2D eigenvalue weighted by Gasteiger charge is 2.17. The molecule has 122 valence electrons. The van der Waals surface area contributed by atoms with E-state index >= 15 is 0 Å². The fraction of sp³-hybridized carbons (Fsp3) is 0.176. The van der Waals surface area contributed by atoms with Gasteiger partial charge in [0.1, 0.15) is 18.2 Å². The zero-order valence-electron chi connectivity index (χ0n) is 12.8. The van der Waals surface area contributed by atoms with Crippen LogP contribution in [0.15, 0.2) is 36.4 Å². The number of nitrogens with zero attached hydrogens (tertiary/aromatic N) is 2. The standard InChI is InChI=1S/C17H14N2O5/c1-9(24-14(21)8-20)10-4-2-6-12-15(10)18-13-7-3-5-11(17(22)23)16(13)19-12/h2-7,9,20H,8H2,1H3,(H,22,23)/t9-/m0/s1. The second-order valence-electron chi connectivity index (χ2n) is 5.21. The maximum Gasteiger partial charge on any atom is 0.337 e. The van der Waals surface area contributed by atoms with Crippen molar-refractivity contribution in [3.63, 3.8) is 0 Å². The van der Waals surface area contributed by atoms with Crippen LogP contribution in [0, 0.1) is 0 Å². The Morgan fingerprint density at radius 1 is 1.08 bits per heavy atom. The highest BCUT2D eigenvalue weighted by molar-refractivity contribution is 6.02. The minimum absolute atomic E-state index is 0.0760. The van der Waals surface area contributed by atoms with Crippen LogP contribution in [0.5, 0.6) is 0 Å². The summed E-state index contributed by atoms with van der Waals surface area (Å²) in [6, 6.07) is 9.94. The third-order valence-corrected chi connectivity index (χ3v) is 3.63. The molecule has 0 spiro atoms. The first-order valence-electron chi connectivity index (χ1n) is 7.24. The third-order valence-electron chi connectivity index (χ3n) is 3.63. The minimum atomic E-state index is -1.07. The van der Waals surface area contributed by atoms with Gasteiger partial charge in [0.25, 0.3) is 0 Å². The summed E-state index contributed by atoms with van der Waals surface area (Å²) < 4.78 is 5.12. The lowest BCUT2D eigenvalue weighted by molar-refractivity contribution is -0.151. The van der Waals surface area contributed by atoms with Crippen molar-refractivity contribution in [2.24, 2.45) is 0 Å². The van der Waals surface area contributed by atoms with Gasteiger partial charge >= 0.3 is 11.9 Å². The number of aromatic carboxylic acids is 1. The number of aliphatic hydroxyl groups excluding tert-OH is 1. The quantitative estimate of drug-likeness (QED) is 0.558. The molecule has 0 fully saturated rings. The van der Waals surface area contributed by atoms with E-state index in [2.05, 4.69) is 9.97 Å². The number of fused-ring (bicyclic) bond motifs is 2. The molecule has 2 aromatic carbocycles.